The molecule has 112 valence electrons. The van der Waals surface area contributed by atoms with Crippen LogP contribution in [-0.4, -0.2) is 41.4 Å². The SMILES string of the molecule is CC1(CNC(=O)c2ccc(C#CCCO)cn2)CCCO1. The zero-order valence-corrected chi connectivity index (χ0v) is 12.2. The number of carbonyl (C=O) groups is 1. The Bertz CT molecular complexity index is 537. The van der Waals surface area contributed by atoms with Gasteiger partial charge in [-0.25, -0.2) is 4.98 Å². The van der Waals surface area contributed by atoms with Gasteiger partial charge >= 0.3 is 0 Å². The van der Waals surface area contributed by atoms with Gasteiger partial charge < -0.3 is 15.2 Å². The molecule has 1 unspecified atom stereocenters. The van der Waals surface area contributed by atoms with Crippen LogP contribution in [0.1, 0.15) is 42.2 Å². The predicted octanol–water partition coefficient (Wildman–Crippen LogP) is 1.11. The van der Waals surface area contributed by atoms with Gasteiger partial charge in [0.15, 0.2) is 0 Å². The molecule has 1 amide bonds. The summed E-state index contributed by atoms with van der Waals surface area (Å²) in [6, 6.07) is 3.40. The number of amides is 1. The van der Waals surface area contributed by atoms with E-state index in [1.807, 2.05) is 6.92 Å². The lowest BCUT2D eigenvalue weighted by molar-refractivity contribution is 0.0205. The highest BCUT2D eigenvalue weighted by Crippen LogP contribution is 2.23. The molecule has 5 heteroatoms. The lowest BCUT2D eigenvalue weighted by atomic mass is 10.0. The van der Waals surface area contributed by atoms with Crippen molar-refractivity contribution in [2.75, 3.05) is 19.8 Å². The third kappa shape index (κ3) is 4.55. The molecule has 1 saturated heterocycles. The minimum absolute atomic E-state index is 0.0434. The standard InChI is InChI=1S/C16H20N2O3/c1-16(8-4-10-21-16)12-18-15(20)14-7-6-13(11-17-14)5-2-3-9-19/h6-7,11,19H,3-4,8-10,12H2,1H3,(H,18,20). The van der Waals surface area contributed by atoms with E-state index < -0.39 is 0 Å². The van der Waals surface area contributed by atoms with E-state index in [9.17, 15) is 4.79 Å². The summed E-state index contributed by atoms with van der Waals surface area (Å²) in [6.07, 6.45) is 3.99. The van der Waals surface area contributed by atoms with Gasteiger partial charge in [-0.15, -0.1) is 0 Å². The van der Waals surface area contributed by atoms with Crippen LogP contribution in [0.2, 0.25) is 0 Å². The van der Waals surface area contributed by atoms with Gasteiger partial charge in [0.2, 0.25) is 0 Å². The van der Waals surface area contributed by atoms with Crippen molar-refractivity contribution in [3.63, 3.8) is 0 Å². The van der Waals surface area contributed by atoms with Crippen molar-refractivity contribution in [1.29, 1.82) is 0 Å². The van der Waals surface area contributed by atoms with E-state index in [1.165, 1.54) is 0 Å². The molecule has 0 radical (unpaired) electrons. The molecule has 1 aliphatic rings. The average molecular weight is 288 g/mol. The molecule has 1 atom stereocenters. The minimum Gasteiger partial charge on any atom is -0.395 e. The smallest absolute Gasteiger partial charge is 0.269 e. The summed E-state index contributed by atoms with van der Waals surface area (Å²) in [6.45, 7) is 3.30. The number of pyridine rings is 1. The molecule has 0 saturated carbocycles. The van der Waals surface area contributed by atoms with Crippen molar-refractivity contribution in [2.45, 2.75) is 31.8 Å². The van der Waals surface area contributed by atoms with Crippen LogP contribution in [0.3, 0.4) is 0 Å². The van der Waals surface area contributed by atoms with Crippen molar-refractivity contribution >= 4 is 5.91 Å². The lowest BCUT2D eigenvalue weighted by Gasteiger charge is -2.23. The van der Waals surface area contributed by atoms with Gasteiger partial charge in [-0.3, -0.25) is 4.79 Å². The molecule has 0 aliphatic carbocycles. The van der Waals surface area contributed by atoms with Crippen molar-refractivity contribution < 1.29 is 14.6 Å². The Kier molecular flexibility index (Phi) is 5.32. The largest absolute Gasteiger partial charge is 0.395 e. The topological polar surface area (TPSA) is 71.5 Å². The maximum Gasteiger partial charge on any atom is 0.269 e. The highest BCUT2D eigenvalue weighted by Gasteiger charge is 2.30. The second-order valence-electron chi connectivity index (χ2n) is 5.29. The second-order valence-corrected chi connectivity index (χ2v) is 5.29. The summed E-state index contributed by atoms with van der Waals surface area (Å²) in [7, 11) is 0. The van der Waals surface area contributed by atoms with Gasteiger partial charge in [-0.2, -0.15) is 0 Å². The number of aromatic nitrogens is 1. The molecule has 0 spiro atoms. The molecule has 0 aromatic carbocycles. The van der Waals surface area contributed by atoms with E-state index in [4.69, 9.17) is 9.84 Å². The molecule has 1 fully saturated rings. The molecule has 0 bridgehead atoms. The second kappa shape index (κ2) is 7.21. The number of ether oxygens (including phenoxy) is 1. The van der Waals surface area contributed by atoms with E-state index in [2.05, 4.69) is 22.1 Å². The maximum atomic E-state index is 12.0. The van der Waals surface area contributed by atoms with Crippen LogP contribution in [0.15, 0.2) is 18.3 Å². The van der Waals surface area contributed by atoms with Gasteiger partial charge in [-0.1, -0.05) is 11.8 Å². The number of nitrogens with one attached hydrogen (secondary N) is 1. The number of hydrogen-bond donors (Lipinski definition) is 2. The summed E-state index contributed by atoms with van der Waals surface area (Å²) in [4.78, 5) is 16.1. The molecule has 2 N–H and O–H groups in total. The zero-order valence-electron chi connectivity index (χ0n) is 12.2. The number of aliphatic hydroxyl groups excluding tert-OH is 1. The van der Waals surface area contributed by atoms with Crippen LogP contribution in [0.4, 0.5) is 0 Å². The Morgan fingerprint density at radius 1 is 1.57 bits per heavy atom. The lowest BCUT2D eigenvalue weighted by Crippen LogP contribution is -2.40. The number of rotatable bonds is 4. The van der Waals surface area contributed by atoms with Crippen LogP contribution in [0.5, 0.6) is 0 Å². The summed E-state index contributed by atoms with van der Waals surface area (Å²) in [5, 5.41) is 11.5. The molecule has 1 aliphatic heterocycles. The number of aliphatic hydroxyl groups is 1. The normalized spacial score (nSPS) is 20.7. The number of carbonyl (C=O) groups excluding carboxylic acids is 1. The first-order valence-corrected chi connectivity index (χ1v) is 7.11. The monoisotopic (exact) mass is 288 g/mol. The summed E-state index contributed by atoms with van der Waals surface area (Å²) >= 11 is 0. The van der Waals surface area contributed by atoms with Crippen LogP contribution >= 0.6 is 0 Å². The first-order chi connectivity index (χ1) is 10.1. The van der Waals surface area contributed by atoms with E-state index in [0.717, 1.165) is 25.0 Å². The third-order valence-corrected chi connectivity index (χ3v) is 3.39. The predicted molar refractivity (Wildman–Crippen MR) is 78.7 cm³/mol. The van der Waals surface area contributed by atoms with Gasteiger partial charge in [0.05, 0.1) is 12.2 Å². The number of hydrogen-bond acceptors (Lipinski definition) is 4. The summed E-state index contributed by atoms with van der Waals surface area (Å²) < 4.78 is 5.63. The average Bonchev–Trinajstić information content (AvgIpc) is 2.93. The molecule has 1 aromatic heterocycles. The molecule has 5 nitrogen and oxygen atoms in total. The first-order valence-electron chi connectivity index (χ1n) is 7.11. The zero-order chi connectivity index (χ0) is 15.1. The van der Waals surface area contributed by atoms with Crippen molar-refractivity contribution in [1.82, 2.24) is 10.3 Å². The van der Waals surface area contributed by atoms with Gasteiger partial charge in [-0.05, 0) is 31.9 Å². The maximum absolute atomic E-state index is 12.0. The molecular formula is C16H20N2O3. The van der Waals surface area contributed by atoms with Crippen molar-refractivity contribution in [3.8, 4) is 11.8 Å². The highest BCUT2D eigenvalue weighted by atomic mass is 16.5. The number of nitrogens with zero attached hydrogens (tertiary/aromatic N) is 1. The van der Waals surface area contributed by atoms with Crippen LogP contribution in [0, 0.1) is 11.8 Å². The third-order valence-electron chi connectivity index (χ3n) is 3.39. The minimum atomic E-state index is -0.259. The summed E-state index contributed by atoms with van der Waals surface area (Å²) in [5.74, 6) is 5.47. The first kappa shape index (κ1) is 15.5. The van der Waals surface area contributed by atoms with Gasteiger partial charge in [0, 0.05) is 31.3 Å². The van der Waals surface area contributed by atoms with Gasteiger partial charge in [0.1, 0.15) is 5.69 Å². The molecule has 21 heavy (non-hydrogen) atoms. The quantitative estimate of drug-likeness (QED) is 0.814. The van der Waals surface area contributed by atoms with E-state index in [-0.39, 0.29) is 18.1 Å². The Hall–Kier alpha value is -1.90. The Morgan fingerprint density at radius 3 is 3.05 bits per heavy atom. The molecule has 2 rings (SSSR count). The Morgan fingerprint density at radius 2 is 2.43 bits per heavy atom. The van der Waals surface area contributed by atoms with Gasteiger partial charge in [0.25, 0.3) is 5.91 Å². The van der Waals surface area contributed by atoms with Crippen molar-refractivity contribution in [2.24, 2.45) is 0 Å². The van der Waals surface area contributed by atoms with E-state index >= 15 is 0 Å². The highest BCUT2D eigenvalue weighted by molar-refractivity contribution is 5.92. The molecule has 1 aromatic rings. The van der Waals surface area contributed by atoms with Crippen molar-refractivity contribution in [3.05, 3.63) is 29.6 Å². The fourth-order valence-corrected chi connectivity index (χ4v) is 2.16. The van der Waals surface area contributed by atoms with Crippen LogP contribution in [0.25, 0.3) is 0 Å². The Labute approximate surface area is 124 Å². The van der Waals surface area contributed by atoms with E-state index in [1.54, 1.807) is 18.3 Å². The van der Waals surface area contributed by atoms with E-state index in [0.29, 0.717) is 18.7 Å². The molecule has 2 heterocycles. The Balaban J connectivity index is 1.89. The van der Waals surface area contributed by atoms with Crippen LogP contribution < -0.4 is 5.32 Å². The van der Waals surface area contributed by atoms with Crippen LogP contribution in [-0.2, 0) is 4.74 Å². The molecular weight excluding hydrogens is 268 g/mol. The fourth-order valence-electron chi connectivity index (χ4n) is 2.16. The summed E-state index contributed by atoms with van der Waals surface area (Å²) in [5.41, 5.74) is 0.834. The fraction of sp³-hybridized carbons (Fsp3) is 0.500.